The van der Waals surface area contributed by atoms with Gasteiger partial charge in [-0.05, 0) is 57.8 Å². The predicted molar refractivity (Wildman–Crippen MR) is 94.9 cm³/mol. The van der Waals surface area contributed by atoms with Gasteiger partial charge >= 0.3 is 0 Å². The molecule has 2 rings (SSSR count). The van der Waals surface area contributed by atoms with Gasteiger partial charge in [0, 0.05) is 27.4 Å². The molecule has 0 aliphatic rings. The van der Waals surface area contributed by atoms with Gasteiger partial charge in [0.15, 0.2) is 0 Å². The number of nitriles is 2. The van der Waals surface area contributed by atoms with Gasteiger partial charge < -0.3 is 10.3 Å². The van der Waals surface area contributed by atoms with Gasteiger partial charge in [0.25, 0.3) is 5.56 Å². The number of aromatic nitrogens is 2. The van der Waals surface area contributed by atoms with Crippen molar-refractivity contribution in [1.29, 1.82) is 10.5 Å². The lowest BCUT2D eigenvalue weighted by molar-refractivity contribution is 0.887. The van der Waals surface area contributed by atoms with E-state index < -0.39 is 0 Å². The molecule has 0 spiro atoms. The van der Waals surface area contributed by atoms with Crippen molar-refractivity contribution in [3.8, 4) is 12.1 Å². The summed E-state index contributed by atoms with van der Waals surface area (Å²) in [6.45, 7) is 4.01. The fraction of sp³-hybridized carbons (Fsp3) is 0.200. The van der Waals surface area contributed by atoms with Crippen LogP contribution in [0.3, 0.4) is 0 Å². The van der Waals surface area contributed by atoms with Crippen LogP contribution in [0.25, 0.3) is 0 Å². The van der Waals surface area contributed by atoms with Gasteiger partial charge in [0.05, 0.1) is 5.56 Å². The highest BCUT2D eigenvalue weighted by atomic mass is 79.9. The van der Waals surface area contributed by atoms with Gasteiger partial charge in [-0.2, -0.15) is 10.5 Å². The molecule has 118 valence electrons. The van der Waals surface area contributed by atoms with E-state index in [1.54, 1.807) is 18.3 Å². The minimum absolute atomic E-state index is 0.120. The Bertz CT molecular complexity index is 818. The van der Waals surface area contributed by atoms with Crippen LogP contribution in [0, 0.1) is 22.7 Å². The van der Waals surface area contributed by atoms with Crippen molar-refractivity contribution >= 4 is 37.7 Å². The molecule has 0 fully saturated rings. The number of pyridine rings is 2. The average Bonchev–Trinajstić information content (AvgIpc) is 2.51. The number of hydrogen-bond donors (Lipinski definition) is 2. The molecule has 0 amide bonds. The summed E-state index contributed by atoms with van der Waals surface area (Å²) < 4.78 is 1.52. The second kappa shape index (κ2) is 9.09. The van der Waals surface area contributed by atoms with Crippen molar-refractivity contribution in [2.75, 3.05) is 5.32 Å². The van der Waals surface area contributed by atoms with E-state index in [0.717, 1.165) is 4.47 Å². The molecule has 0 atom stereocenters. The van der Waals surface area contributed by atoms with Gasteiger partial charge in [-0.15, -0.1) is 0 Å². The lowest BCUT2D eigenvalue weighted by Crippen LogP contribution is -2.12. The van der Waals surface area contributed by atoms with E-state index in [4.69, 9.17) is 10.5 Å². The summed E-state index contributed by atoms with van der Waals surface area (Å²) in [4.78, 5) is 17.2. The molecule has 23 heavy (non-hydrogen) atoms. The summed E-state index contributed by atoms with van der Waals surface area (Å²) in [6.07, 6.45) is 3.16. The van der Waals surface area contributed by atoms with Crippen LogP contribution < -0.4 is 10.9 Å². The van der Waals surface area contributed by atoms with Crippen LogP contribution >= 0.6 is 31.9 Å². The van der Waals surface area contributed by atoms with Crippen LogP contribution in [0.4, 0.5) is 5.82 Å². The number of nitrogens with zero attached hydrogens (tertiary/aromatic N) is 3. The number of H-pyrrole nitrogens is 1. The first-order valence-corrected chi connectivity index (χ1v) is 8.06. The Morgan fingerprint density at radius 2 is 1.78 bits per heavy atom. The van der Waals surface area contributed by atoms with Crippen LogP contribution in [0.5, 0.6) is 0 Å². The van der Waals surface area contributed by atoms with Gasteiger partial charge in [0.2, 0.25) is 0 Å². The number of rotatable bonds is 2. The number of anilines is 1. The zero-order valence-corrected chi connectivity index (χ0v) is 15.6. The highest BCUT2D eigenvalue weighted by Gasteiger charge is 2.04. The Morgan fingerprint density at radius 1 is 1.17 bits per heavy atom. The summed E-state index contributed by atoms with van der Waals surface area (Å²) in [7, 11) is 0. The normalized spacial score (nSPS) is 9.35. The highest BCUT2D eigenvalue weighted by molar-refractivity contribution is 9.10. The molecule has 6 nitrogen and oxygen atoms in total. The third-order valence-corrected chi connectivity index (χ3v) is 3.28. The van der Waals surface area contributed by atoms with Crippen LogP contribution in [-0.2, 0) is 0 Å². The summed E-state index contributed by atoms with van der Waals surface area (Å²) in [5, 5.41) is 20.3. The molecule has 2 heterocycles. The van der Waals surface area contributed by atoms with Crippen molar-refractivity contribution in [3.63, 3.8) is 0 Å². The van der Waals surface area contributed by atoms with E-state index in [-0.39, 0.29) is 17.2 Å². The zero-order chi connectivity index (χ0) is 17.4. The van der Waals surface area contributed by atoms with E-state index in [1.807, 2.05) is 13.8 Å². The lowest BCUT2D eigenvalue weighted by atomic mass is 10.2. The Labute approximate surface area is 150 Å². The van der Waals surface area contributed by atoms with Crippen molar-refractivity contribution in [1.82, 2.24) is 9.97 Å². The Morgan fingerprint density at radius 3 is 2.30 bits per heavy atom. The topological polar surface area (TPSA) is 105 Å². The highest BCUT2D eigenvalue weighted by Crippen LogP contribution is 2.17. The van der Waals surface area contributed by atoms with Crippen LogP contribution in [0.2, 0.25) is 0 Å². The van der Waals surface area contributed by atoms with Crippen molar-refractivity contribution in [2.45, 2.75) is 19.9 Å². The SMILES string of the molecule is CC(C)Nc1ncc(Br)cc1C#N.N#Cc1cc(Br)c[nH]c1=O. The zero-order valence-electron chi connectivity index (χ0n) is 12.4. The molecule has 2 aromatic rings. The smallest absolute Gasteiger partial charge is 0.265 e. The monoisotopic (exact) mass is 437 g/mol. The van der Waals surface area contributed by atoms with E-state index in [1.165, 1.54) is 12.3 Å². The van der Waals surface area contributed by atoms with E-state index in [2.05, 4.69) is 53.2 Å². The number of hydrogen-bond acceptors (Lipinski definition) is 5. The Kier molecular flexibility index (Phi) is 7.46. The maximum Gasteiger partial charge on any atom is 0.265 e. The maximum atomic E-state index is 10.7. The Balaban J connectivity index is 0.000000238. The Hall–Kier alpha value is -2.16. The molecule has 0 aliphatic heterocycles. The van der Waals surface area contributed by atoms with Crippen LogP contribution in [-0.4, -0.2) is 16.0 Å². The maximum absolute atomic E-state index is 10.7. The molecule has 0 aliphatic carbocycles. The molecule has 8 heteroatoms. The van der Waals surface area contributed by atoms with Crippen LogP contribution in [0.15, 0.2) is 38.3 Å². The third-order valence-electron chi connectivity index (χ3n) is 2.39. The van der Waals surface area contributed by atoms with Gasteiger partial charge in [-0.25, -0.2) is 4.98 Å². The molecule has 2 aromatic heterocycles. The summed E-state index contributed by atoms with van der Waals surface area (Å²) in [6, 6.07) is 7.35. The molecule has 0 aromatic carbocycles. The fourth-order valence-electron chi connectivity index (χ4n) is 1.45. The first kappa shape index (κ1) is 18.9. The van der Waals surface area contributed by atoms with Crippen molar-refractivity contribution in [2.24, 2.45) is 0 Å². The van der Waals surface area contributed by atoms with Gasteiger partial charge in [0.1, 0.15) is 23.5 Å². The standard InChI is InChI=1S/C9H10BrN3.C6H3BrN2O/c1-6(2)13-9-7(4-11)3-8(10)5-12-9;7-5-1-4(2-8)6(10)9-3-5/h3,5-6H,1-2H3,(H,12,13);1,3H,(H,9,10). The third kappa shape index (κ3) is 6.23. The average molecular weight is 439 g/mol. The van der Waals surface area contributed by atoms with E-state index in [0.29, 0.717) is 15.9 Å². The number of halogens is 2. The summed E-state index contributed by atoms with van der Waals surface area (Å²) >= 11 is 6.38. The first-order chi connectivity index (χ1) is 10.9. The second-order valence-electron chi connectivity index (χ2n) is 4.63. The molecule has 2 N–H and O–H groups in total. The minimum Gasteiger partial charge on any atom is -0.367 e. The van der Waals surface area contributed by atoms with Gasteiger partial charge in [-0.1, -0.05) is 0 Å². The molecular weight excluding hydrogens is 426 g/mol. The number of aromatic amines is 1. The van der Waals surface area contributed by atoms with Gasteiger partial charge in [-0.3, -0.25) is 4.79 Å². The first-order valence-electron chi connectivity index (χ1n) is 6.48. The largest absolute Gasteiger partial charge is 0.367 e. The van der Waals surface area contributed by atoms with Crippen molar-refractivity contribution < 1.29 is 0 Å². The molecule has 0 unspecified atom stereocenters. The lowest BCUT2D eigenvalue weighted by Gasteiger charge is -2.09. The quantitative estimate of drug-likeness (QED) is 0.745. The molecule has 0 saturated carbocycles. The fourth-order valence-corrected chi connectivity index (χ4v) is 2.13. The summed E-state index contributed by atoms with van der Waals surface area (Å²) in [5.41, 5.74) is 0.322. The molecule has 0 radical (unpaired) electrons. The molecular formula is C15H13Br2N5O. The van der Waals surface area contributed by atoms with Crippen LogP contribution in [0.1, 0.15) is 25.0 Å². The molecule has 0 saturated heterocycles. The van der Waals surface area contributed by atoms with Crippen molar-refractivity contribution in [3.05, 3.63) is 55.0 Å². The summed E-state index contributed by atoms with van der Waals surface area (Å²) in [5.74, 6) is 0.640. The molecule has 0 bridgehead atoms. The number of nitrogens with one attached hydrogen (secondary N) is 2. The van der Waals surface area contributed by atoms with E-state index in [9.17, 15) is 4.79 Å². The minimum atomic E-state index is -0.356. The predicted octanol–water partition coefficient (Wildman–Crippen LogP) is 3.55. The second-order valence-corrected chi connectivity index (χ2v) is 6.46. The van der Waals surface area contributed by atoms with E-state index >= 15 is 0 Å².